The predicted molar refractivity (Wildman–Crippen MR) is 129 cm³/mol. The van der Waals surface area contributed by atoms with E-state index in [0.717, 1.165) is 5.92 Å². The Kier molecular flexibility index (Phi) is 10.5. The molecule has 2 heterocycles. The van der Waals surface area contributed by atoms with E-state index in [1.807, 2.05) is 0 Å². The van der Waals surface area contributed by atoms with Crippen LogP contribution in [0.1, 0.15) is 49.1 Å². The molecule has 0 bridgehead atoms. The maximum absolute atomic E-state index is 2.71. The number of piperidine rings is 2. The quantitative estimate of drug-likeness (QED) is 0.561. The van der Waals surface area contributed by atoms with Crippen molar-refractivity contribution in [2.45, 2.75) is 38.0 Å². The van der Waals surface area contributed by atoms with Crippen molar-refractivity contribution in [1.82, 2.24) is 9.80 Å². The molecule has 4 heteroatoms. The molecular weight excluding hydrogens is 399 g/mol. The second-order valence-electron chi connectivity index (χ2n) is 8.38. The third kappa shape index (κ3) is 6.72. The Morgan fingerprint density at radius 2 is 1.07 bits per heavy atom. The average Bonchev–Trinajstić information content (AvgIpc) is 2.76. The molecule has 2 aromatic carbocycles. The molecule has 0 saturated carbocycles. The van der Waals surface area contributed by atoms with Crippen molar-refractivity contribution in [2.24, 2.45) is 5.92 Å². The van der Waals surface area contributed by atoms with Gasteiger partial charge in [0.05, 0.1) is 0 Å². The monoisotopic (exact) mass is 434 g/mol. The highest BCUT2D eigenvalue weighted by molar-refractivity contribution is 5.85. The van der Waals surface area contributed by atoms with E-state index in [9.17, 15) is 0 Å². The van der Waals surface area contributed by atoms with E-state index in [4.69, 9.17) is 0 Å². The van der Waals surface area contributed by atoms with E-state index in [0.29, 0.717) is 5.92 Å². The zero-order valence-corrected chi connectivity index (χ0v) is 19.1. The highest BCUT2D eigenvalue weighted by Gasteiger charge is 2.28. The van der Waals surface area contributed by atoms with Crippen LogP contribution in [0.3, 0.4) is 0 Å². The van der Waals surface area contributed by atoms with Crippen LogP contribution < -0.4 is 0 Å². The van der Waals surface area contributed by atoms with Gasteiger partial charge in [0.15, 0.2) is 0 Å². The molecule has 0 aliphatic carbocycles. The summed E-state index contributed by atoms with van der Waals surface area (Å²) in [6, 6.07) is 22.3. The number of rotatable bonds is 6. The molecule has 2 aliphatic rings. The van der Waals surface area contributed by atoms with Crippen LogP contribution in [0.4, 0.5) is 0 Å². The molecular formula is C25H36Cl2N2. The zero-order valence-electron chi connectivity index (χ0n) is 17.4. The number of benzene rings is 2. The van der Waals surface area contributed by atoms with Crippen LogP contribution in [0.25, 0.3) is 0 Å². The summed E-state index contributed by atoms with van der Waals surface area (Å²) in [6.07, 6.45) is 6.86. The van der Waals surface area contributed by atoms with Crippen molar-refractivity contribution in [3.05, 3.63) is 71.8 Å². The molecule has 2 aromatic rings. The van der Waals surface area contributed by atoms with Gasteiger partial charge < -0.3 is 9.80 Å². The lowest BCUT2D eigenvalue weighted by atomic mass is 9.76. The van der Waals surface area contributed by atoms with Crippen molar-refractivity contribution in [1.29, 1.82) is 0 Å². The summed E-state index contributed by atoms with van der Waals surface area (Å²) in [6.45, 7) is 7.68. The zero-order chi connectivity index (χ0) is 18.3. The van der Waals surface area contributed by atoms with Gasteiger partial charge in [-0.1, -0.05) is 67.1 Å². The molecule has 4 rings (SSSR count). The Morgan fingerprint density at radius 1 is 0.621 bits per heavy atom. The van der Waals surface area contributed by atoms with Crippen LogP contribution in [0.15, 0.2) is 60.7 Å². The first-order valence-electron chi connectivity index (χ1n) is 10.9. The fourth-order valence-corrected chi connectivity index (χ4v) is 5.03. The van der Waals surface area contributed by atoms with Gasteiger partial charge in [0.1, 0.15) is 0 Å². The van der Waals surface area contributed by atoms with Gasteiger partial charge in [-0.3, -0.25) is 0 Å². The van der Waals surface area contributed by atoms with Gasteiger partial charge >= 0.3 is 0 Å². The molecule has 2 saturated heterocycles. The SMILES string of the molecule is Cl.Cl.c1ccc(C(c2ccccc2)C2CCN(CCN3CCCCC3)CC2)cc1. The molecule has 29 heavy (non-hydrogen) atoms. The lowest BCUT2D eigenvalue weighted by Gasteiger charge is -2.38. The first-order valence-corrected chi connectivity index (χ1v) is 10.9. The van der Waals surface area contributed by atoms with Gasteiger partial charge in [0, 0.05) is 19.0 Å². The summed E-state index contributed by atoms with van der Waals surface area (Å²) < 4.78 is 0. The summed E-state index contributed by atoms with van der Waals surface area (Å²) in [5, 5.41) is 0. The van der Waals surface area contributed by atoms with Gasteiger partial charge in [-0.25, -0.2) is 0 Å². The molecule has 2 fully saturated rings. The van der Waals surface area contributed by atoms with Crippen LogP contribution in [-0.4, -0.2) is 49.1 Å². The van der Waals surface area contributed by atoms with Crippen LogP contribution in [-0.2, 0) is 0 Å². The Bertz CT molecular complexity index is 626. The van der Waals surface area contributed by atoms with Crippen LogP contribution >= 0.6 is 24.8 Å². The first kappa shape index (κ1) is 24.2. The topological polar surface area (TPSA) is 6.48 Å². The van der Waals surface area contributed by atoms with Crippen LogP contribution in [0.5, 0.6) is 0 Å². The third-order valence-electron chi connectivity index (χ3n) is 6.60. The minimum atomic E-state index is 0. The van der Waals surface area contributed by atoms with E-state index in [2.05, 4.69) is 70.5 Å². The van der Waals surface area contributed by atoms with E-state index >= 15 is 0 Å². The van der Waals surface area contributed by atoms with Crippen molar-refractivity contribution in [3.8, 4) is 0 Å². The highest BCUT2D eigenvalue weighted by atomic mass is 35.5. The molecule has 0 amide bonds. The Balaban J connectivity index is 0.00000150. The number of hydrogen-bond donors (Lipinski definition) is 0. The van der Waals surface area contributed by atoms with E-state index in [-0.39, 0.29) is 24.8 Å². The molecule has 0 spiro atoms. The van der Waals surface area contributed by atoms with E-state index in [1.54, 1.807) is 0 Å². The number of nitrogens with zero attached hydrogens (tertiary/aromatic N) is 2. The Labute approximate surface area is 189 Å². The van der Waals surface area contributed by atoms with Crippen molar-refractivity contribution in [2.75, 3.05) is 39.3 Å². The lowest BCUT2D eigenvalue weighted by molar-refractivity contribution is 0.141. The Hall–Kier alpha value is -1.06. The minimum absolute atomic E-state index is 0. The second-order valence-corrected chi connectivity index (χ2v) is 8.38. The summed E-state index contributed by atoms with van der Waals surface area (Å²) in [7, 11) is 0. The van der Waals surface area contributed by atoms with Gasteiger partial charge in [-0.2, -0.15) is 0 Å². The predicted octanol–water partition coefficient (Wildman–Crippen LogP) is 5.86. The Morgan fingerprint density at radius 3 is 1.55 bits per heavy atom. The molecule has 0 atom stereocenters. The standard InChI is InChI=1S/C25H34N2.2ClH/c1-4-10-22(11-5-1)25(23-12-6-2-7-13-23)24-14-18-27(19-15-24)21-20-26-16-8-3-9-17-26;;/h1-2,4-7,10-13,24-25H,3,8-9,14-21H2;2*1H. The summed E-state index contributed by atoms with van der Waals surface area (Å²) in [4.78, 5) is 5.38. The third-order valence-corrected chi connectivity index (χ3v) is 6.60. The van der Waals surface area contributed by atoms with Crippen LogP contribution in [0, 0.1) is 5.92 Å². The minimum Gasteiger partial charge on any atom is -0.302 e. The first-order chi connectivity index (χ1) is 13.4. The number of likely N-dealkylation sites (tertiary alicyclic amines) is 2. The lowest BCUT2D eigenvalue weighted by Crippen LogP contribution is -2.42. The molecule has 0 unspecified atom stereocenters. The maximum atomic E-state index is 2.71. The highest BCUT2D eigenvalue weighted by Crippen LogP contribution is 2.37. The fourth-order valence-electron chi connectivity index (χ4n) is 5.03. The van der Waals surface area contributed by atoms with Gasteiger partial charge in [-0.05, 0) is 68.9 Å². The van der Waals surface area contributed by atoms with Crippen molar-refractivity contribution < 1.29 is 0 Å². The van der Waals surface area contributed by atoms with E-state index in [1.165, 1.54) is 82.5 Å². The summed E-state index contributed by atoms with van der Waals surface area (Å²) in [5.41, 5.74) is 2.96. The molecule has 2 aliphatic heterocycles. The normalized spacial score (nSPS) is 18.8. The molecule has 0 aromatic heterocycles. The summed E-state index contributed by atoms with van der Waals surface area (Å²) in [5.74, 6) is 1.29. The second kappa shape index (κ2) is 12.6. The van der Waals surface area contributed by atoms with Gasteiger partial charge in [-0.15, -0.1) is 24.8 Å². The molecule has 160 valence electrons. The van der Waals surface area contributed by atoms with Crippen molar-refractivity contribution in [3.63, 3.8) is 0 Å². The van der Waals surface area contributed by atoms with Gasteiger partial charge in [0.2, 0.25) is 0 Å². The van der Waals surface area contributed by atoms with Gasteiger partial charge in [0.25, 0.3) is 0 Å². The van der Waals surface area contributed by atoms with E-state index < -0.39 is 0 Å². The maximum Gasteiger partial charge on any atom is 0.0119 e. The van der Waals surface area contributed by atoms with Crippen molar-refractivity contribution >= 4 is 24.8 Å². The molecule has 2 nitrogen and oxygen atoms in total. The largest absolute Gasteiger partial charge is 0.302 e. The molecule has 0 radical (unpaired) electrons. The van der Waals surface area contributed by atoms with Crippen LogP contribution in [0.2, 0.25) is 0 Å². The number of hydrogen-bond acceptors (Lipinski definition) is 2. The average molecular weight is 435 g/mol. The summed E-state index contributed by atoms with van der Waals surface area (Å²) >= 11 is 0. The number of halogens is 2. The fraction of sp³-hybridized carbons (Fsp3) is 0.520. The smallest absolute Gasteiger partial charge is 0.0119 e. The molecule has 0 N–H and O–H groups in total.